The summed E-state index contributed by atoms with van der Waals surface area (Å²) in [4.78, 5) is 22.7. The van der Waals surface area contributed by atoms with E-state index in [1.807, 2.05) is 17.9 Å². The highest BCUT2D eigenvalue weighted by molar-refractivity contribution is 6.00. The number of rotatable bonds is 4. The topological polar surface area (TPSA) is 66.9 Å². The summed E-state index contributed by atoms with van der Waals surface area (Å²) in [5.74, 6) is 1.06. The number of nitrogens with one attached hydrogen (secondary N) is 1. The van der Waals surface area contributed by atoms with E-state index in [4.69, 9.17) is 9.47 Å². The van der Waals surface area contributed by atoms with E-state index in [2.05, 4.69) is 39.5 Å². The number of hydrogen-bond acceptors (Lipinski definition) is 6. The second kappa shape index (κ2) is 9.46. The van der Waals surface area contributed by atoms with Crippen LogP contribution in [0.4, 0.5) is 22.9 Å². The summed E-state index contributed by atoms with van der Waals surface area (Å²) in [5, 5.41) is 3.48. The third kappa shape index (κ3) is 4.32. The molecule has 0 bridgehead atoms. The number of carbonyl (C=O) groups is 1. The number of fused-ring (bicyclic) bond motifs is 2. The lowest BCUT2D eigenvalue weighted by molar-refractivity contribution is -0.124. The van der Waals surface area contributed by atoms with Crippen LogP contribution in [0.5, 0.6) is 0 Å². The fraction of sp³-hybridized carbons (Fsp3) is 0.520. The molecule has 1 aromatic carbocycles. The number of carbonyl (C=O) groups excluding carboxylic acids is 1. The number of nitrogens with zero attached hydrogens (tertiary/aromatic N) is 3. The first-order valence-electron chi connectivity index (χ1n) is 11.8. The number of hydrogen-bond donors (Lipinski definition) is 1. The van der Waals surface area contributed by atoms with Crippen molar-refractivity contribution in [1.82, 2.24) is 4.98 Å². The first-order chi connectivity index (χ1) is 15.7. The van der Waals surface area contributed by atoms with E-state index < -0.39 is 0 Å². The van der Waals surface area contributed by atoms with Gasteiger partial charge in [0.05, 0.1) is 37.2 Å². The van der Waals surface area contributed by atoms with E-state index in [0.29, 0.717) is 12.6 Å². The van der Waals surface area contributed by atoms with Crippen molar-refractivity contribution >= 4 is 28.8 Å². The molecule has 5 rings (SSSR count). The molecule has 7 heteroatoms. The lowest BCUT2D eigenvalue weighted by Crippen LogP contribution is -2.39. The molecule has 0 spiro atoms. The highest BCUT2D eigenvalue weighted by Crippen LogP contribution is 2.39. The van der Waals surface area contributed by atoms with Crippen molar-refractivity contribution in [2.45, 2.75) is 45.3 Å². The monoisotopic (exact) mass is 436 g/mol. The number of anilines is 4. The van der Waals surface area contributed by atoms with Gasteiger partial charge in [-0.15, -0.1) is 0 Å². The quantitative estimate of drug-likeness (QED) is 0.778. The van der Waals surface area contributed by atoms with Crippen LogP contribution in [0.1, 0.15) is 38.2 Å². The van der Waals surface area contributed by atoms with Crippen LogP contribution in [0.3, 0.4) is 0 Å². The zero-order valence-electron chi connectivity index (χ0n) is 18.8. The predicted octanol–water partition coefficient (Wildman–Crippen LogP) is 4.10. The SMILES string of the molecule is CCO[C@H]1CC[C@H](C(=O)N2Cc3cccnc3Nc3ccc(N4CCOCC4)cc32)CC1. The number of benzene rings is 1. The Morgan fingerprint density at radius 3 is 2.78 bits per heavy atom. The minimum absolute atomic E-state index is 0.0322. The summed E-state index contributed by atoms with van der Waals surface area (Å²) in [6, 6.07) is 10.3. The Bertz CT molecular complexity index is 952. The van der Waals surface area contributed by atoms with Crippen molar-refractivity contribution in [3.63, 3.8) is 0 Å². The Kier molecular flexibility index (Phi) is 6.28. The van der Waals surface area contributed by atoms with Gasteiger partial charge in [-0.2, -0.15) is 0 Å². The summed E-state index contributed by atoms with van der Waals surface area (Å²) in [7, 11) is 0. The van der Waals surface area contributed by atoms with Gasteiger partial charge in [0.15, 0.2) is 0 Å². The minimum atomic E-state index is 0.0322. The Morgan fingerprint density at radius 1 is 1.19 bits per heavy atom. The largest absolute Gasteiger partial charge is 0.379 e. The van der Waals surface area contributed by atoms with E-state index in [1.165, 1.54) is 0 Å². The number of morpholine rings is 1. The van der Waals surface area contributed by atoms with Gasteiger partial charge in [0, 0.05) is 43.1 Å². The maximum absolute atomic E-state index is 13.8. The molecular formula is C25H32N4O3. The highest BCUT2D eigenvalue weighted by Gasteiger charge is 2.33. The molecule has 2 fully saturated rings. The molecule has 1 N–H and O–H groups in total. The fourth-order valence-corrected chi connectivity index (χ4v) is 5.06. The van der Waals surface area contributed by atoms with E-state index in [1.54, 1.807) is 6.20 Å². The number of pyridine rings is 1. The van der Waals surface area contributed by atoms with E-state index >= 15 is 0 Å². The first-order valence-corrected chi connectivity index (χ1v) is 11.8. The molecule has 1 aliphatic carbocycles. The van der Waals surface area contributed by atoms with Crippen molar-refractivity contribution in [2.24, 2.45) is 5.92 Å². The van der Waals surface area contributed by atoms with Gasteiger partial charge in [-0.05, 0) is 56.9 Å². The van der Waals surface area contributed by atoms with E-state index in [9.17, 15) is 4.79 Å². The molecule has 1 saturated carbocycles. The van der Waals surface area contributed by atoms with Crippen LogP contribution in [0, 0.1) is 5.92 Å². The molecule has 1 aromatic heterocycles. The molecule has 170 valence electrons. The number of aromatic nitrogens is 1. The lowest BCUT2D eigenvalue weighted by Gasteiger charge is -2.33. The number of ether oxygens (including phenoxy) is 2. The van der Waals surface area contributed by atoms with Gasteiger partial charge in [0.2, 0.25) is 5.91 Å². The maximum atomic E-state index is 13.8. The number of amides is 1. The molecule has 0 unspecified atom stereocenters. The summed E-state index contributed by atoms with van der Waals surface area (Å²) in [6.07, 6.45) is 5.75. The van der Waals surface area contributed by atoms with Crippen LogP contribution in [-0.2, 0) is 20.8 Å². The van der Waals surface area contributed by atoms with Crippen LogP contribution in [0.2, 0.25) is 0 Å². The van der Waals surface area contributed by atoms with Gasteiger partial charge < -0.3 is 24.6 Å². The highest BCUT2D eigenvalue weighted by atomic mass is 16.5. The minimum Gasteiger partial charge on any atom is -0.379 e. The van der Waals surface area contributed by atoms with Crippen LogP contribution in [0.15, 0.2) is 36.5 Å². The van der Waals surface area contributed by atoms with Crippen LogP contribution < -0.4 is 15.1 Å². The van der Waals surface area contributed by atoms with E-state index in [0.717, 1.165) is 87.0 Å². The zero-order chi connectivity index (χ0) is 21.9. The smallest absolute Gasteiger partial charge is 0.230 e. The Morgan fingerprint density at radius 2 is 2.00 bits per heavy atom. The van der Waals surface area contributed by atoms with Gasteiger partial charge in [-0.1, -0.05) is 6.07 Å². The Balaban J connectivity index is 1.46. The molecule has 0 atom stereocenters. The molecule has 2 aromatic rings. The summed E-state index contributed by atoms with van der Waals surface area (Å²) in [5.41, 5.74) is 4.03. The molecular weight excluding hydrogens is 404 g/mol. The summed E-state index contributed by atoms with van der Waals surface area (Å²) in [6.45, 7) is 6.50. The molecule has 2 aliphatic heterocycles. The van der Waals surface area contributed by atoms with Crippen molar-refractivity contribution in [3.8, 4) is 0 Å². The van der Waals surface area contributed by atoms with Gasteiger partial charge in [0.1, 0.15) is 5.82 Å². The van der Waals surface area contributed by atoms with Crippen molar-refractivity contribution in [3.05, 3.63) is 42.1 Å². The summed E-state index contributed by atoms with van der Waals surface area (Å²) >= 11 is 0. The van der Waals surface area contributed by atoms with Gasteiger partial charge in [-0.3, -0.25) is 4.79 Å². The van der Waals surface area contributed by atoms with Crippen molar-refractivity contribution < 1.29 is 14.3 Å². The molecule has 7 nitrogen and oxygen atoms in total. The Hall–Kier alpha value is -2.64. The second-order valence-corrected chi connectivity index (χ2v) is 8.79. The van der Waals surface area contributed by atoms with Crippen LogP contribution >= 0.6 is 0 Å². The molecule has 3 heterocycles. The summed E-state index contributed by atoms with van der Waals surface area (Å²) < 4.78 is 11.3. The molecule has 1 saturated heterocycles. The van der Waals surface area contributed by atoms with Gasteiger partial charge in [0.25, 0.3) is 0 Å². The Labute approximate surface area is 189 Å². The van der Waals surface area contributed by atoms with Crippen LogP contribution in [-0.4, -0.2) is 49.9 Å². The first kappa shape index (κ1) is 21.2. The molecule has 0 radical (unpaired) electrons. The van der Waals surface area contributed by atoms with Gasteiger partial charge in [-0.25, -0.2) is 4.98 Å². The zero-order valence-corrected chi connectivity index (χ0v) is 18.8. The fourth-order valence-electron chi connectivity index (χ4n) is 5.06. The predicted molar refractivity (Wildman–Crippen MR) is 126 cm³/mol. The lowest BCUT2D eigenvalue weighted by atomic mass is 9.86. The normalized spacial score (nSPS) is 23.0. The molecule has 3 aliphatic rings. The van der Waals surface area contributed by atoms with Crippen molar-refractivity contribution in [2.75, 3.05) is 48.0 Å². The second-order valence-electron chi connectivity index (χ2n) is 8.79. The van der Waals surface area contributed by atoms with Gasteiger partial charge >= 0.3 is 0 Å². The molecule has 1 amide bonds. The average Bonchev–Trinajstić information content (AvgIpc) is 3.01. The maximum Gasteiger partial charge on any atom is 0.230 e. The average molecular weight is 437 g/mol. The van der Waals surface area contributed by atoms with Crippen molar-refractivity contribution in [1.29, 1.82) is 0 Å². The van der Waals surface area contributed by atoms with Crippen LogP contribution in [0.25, 0.3) is 0 Å². The third-order valence-corrected chi connectivity index (χ3v) is 6.81. The van der Waals surface area contributed by atoms with E-state index in [-0.39, 0.29) is 11.8 Å². The third-order valence-electron chi connectivity index (χ3n) is 6.81. The molecule has 32 heavy (non-hydrogen) atoms. The standard InChI is InChI=1S/C25H32N4O3/c1-2-32-21-8-5-18(6-9-21)25(30)29-17-19-4-3-11-26-24(19)27-22-10-7-20(16-23(22)29)28-12-14-31-15-13-28/h3-4,7,10-11,16,18,21H,2,5-6,8-9,12-15,17H2,1H3,(H,26,27)/t18-,21-.